The highest BCUT2D eigenvalue weighted by atomic mass is 16.1. The van der Waals surface area contributed by atoms with Crippen molar-refractivity contribution in [1.82, 2.24) is 14.8 Å². The van der Waals surface area contributed by atoms with Gasteiger partial charge in [-0.3, -0.25) is 0 Å². The van der Waals surface area contributed by atoms with E-state index in [-0.39, 0.29) is 17.1 Å². The average Bonchev–Trinajstić information content (AvgIpc) is 2.68. The topological polar surface area (TPSA) is 76.7 Å². The van der Waals surface area contributed by atoms with Crippen LogP contribution in [0.4, 0.5) is 0 Å². The number of H-pyrrole nitrogens is 1. The Morgan fingerprint density at radius 2 is 2.05 bits per heavy atom. The van der Waals surface area contributed by atoms with Gasteiger partial charge in [-0.05, 0) is 30.0 Å². The Hall–Kier alpha value is -1.88. The van der Waals surface area contributed by atoms with Crippen LogP contribution in [0, 0.1) is 12.3 Å². The van der Waals surface area contributed by atoms with Crippen LogP contribution in [-0.2, 0) is 0 Å². The molecular weight excluding hydrogens is 240 g/mol. The molecule has 1 aromatic heterocycles. The Balaban J connectivity index is 2.59. The summed E-state index contributed by atoms with van der Waals surface area (Å²) in [6.07, 6.45) is 0. The van der Waals surface area contributed by atoms with Crippen molar-refractivity contribution in [2.75, 3.05) is 0 Å². The zero-order valence-corrected chi connectivity index (χ0v) is 11.8. The van der Waals surface area contributed by atoms with Gasteiger partial charge < -0.3 is 5.73 Å². The van der Waals surface area contributed by atoms with Crippen LogP contribution in [0.3, 0.4) is 0 Å². The summed E-state index contributed by atoms with van der Waals surface area (Å²) in [7, 11) is 0. The van der Waals surface area contributed by atoms with E-state index in [1.165, 1.54) is 0 Å². The van der Waals surface area contributed by atoms with Gasteiger partial charge in [0.1, 0.15) is 0 Å². The minimum atomic E-state index is -0.327. The number of aromatic nitrogens is 3. The maximum Gasteiger partial charge on any atom is 0.347 e. The number of benzene rings is 1. The van der Waals surface area contributed by atoms with Crippen LogP contribution in [-0.4, -0.2) is 14.8 Å². The van der Waals surface area contributed by atoms with E-state index in [4.69, 9.17) is 5.73 Å². The highest BCUT2D eigenvalue weighted by Gasteiger charge is 2.28. The molecule has 0 saturated heterocycles. The van der Waals surface area contributed by atoms with Crippen LogP contribution in [0.15, 0.2) is 29.1 Å². The van der Waals surface area contributed by atoms with Crippen LogP contribution in [0.2, 0.25) is 0 Å². The van der Waals surface area contributed by atoms with Gasteiger partial charge in [-0.15, -0.1) is 0 Å². The second-order valence-corrected chi connectivity index (χ2v) is 5.91. The minimum Gasteiger partial charge on any atom is -0.321 e. The second kappa shape index (κ2) is 4.66. The lowest BCUT2D eigenvalue weighted by Gasteiger charge is -2.26. The number of aromatic amines is 1. The van der Waals surface area contributed by atoms with Crippen molar-refractivity contribution in [3.8, 4) is 5.69 Å². The van der Waals surface area contributed by atoms with Crippen molar-refractivity contribution in [2.45, 2.75) is 33.7 Å². The van der Waals surface area contributed by atoms with Gasteiger partial charge in [-0.2, -0.15) is 5.10 Å². The molecule has 0 spiro atoms. The van der Waals surface area contributed by atoms with E-state index in [2.05, 4.69) is 10.2 Å². The second-order valence-electron chi connectivity index (χ2n) is 5.91. The van der Waals surface area contributed by atoms with Crippen LogP contribution in [0.5, 0.6) is 0 Å². The zero-order chi connectivity index (χ0) is 14.2. The Morgan fingerprint density at radius 3 is 2.63 bits per heavy atom. The van der Waals surface area contributed by atoms with E-state index < -0.39 is 0 Å². The molecule has 2 rings (SSSR count). The summed E-state index contributed by atoms with van der Waals surface area (Å²) < 4.78 is 1.54. The van der Waals surface area contributed by atoms with E-state index in [9.17, 15) is 4.79 Å². The molecule has 1 aromatic carbocycles. The van der Waals surface area contributed by atoms with Gasteiger partial charge in [0.2, 0.25) is 0 Å². The van der Waals surface area contributed by atoms with E-state index in [0.29, 0.717) is 5.82 Å². The molecule has 1 atom stereocenters. The molecule has 0 unspecified atom stereocenters. The van der Waals surface area contributed by atoms with Gasteiger partial charge in [0.25, 0.3) is 0 Å². The molecule has 3 N–H and O–H groups in total. The third kappa shape index (κ3) is 2.61. The molecule has 0 aliphatic heterocycles. The van der Waals surface area contributed by atoms with Crippen LogP contribution in [0.25, 0.3) is 5.69 Å². The number of hydrogen-bond donors (Lipinski definition) is 2. The molecule has 1 heterocycles. The monoisotopic (exact) mass is 260 g/mol. The first-order chi connectivity index (χ1) is 8.80. The molecule has 5 nitrogen and oxygen atoms in total. The molecule has 0 radical (unpaired) electrons. The number of hydrogen-bond acceptors (Lipinski definition) is 3. The summed E-state index contributed by atoms with van der Waals surface area (Å²) in [4.78, 5) is 12.0. The van der Waals surface area contributed by atoms with E-state index >= 15 is 0 Å². The standard InChI is InChI=1S/C14H20N4O/c1-9-6-5-7-10(8-9)18-12(16-17-13(18)19)11(15)14(2,3)4/h5-8,11H,15H2,1-4H3,(H,17,19)/t11-/m1/s1. The Kier molecular flexibility index (Phi) is 3.32. The van der Waals surface area contributed by atoms with Crippen LogP contribution in [0.1, 0.15) is 38.2 Å². The predicted octanol–water partition coefficient (Wildman–Crippen LogP) is 1.91. The molecule has 0 aliphatic carbocycles. The van der Waals surface area contributed by atoms with Crippen molar-refractivity contribution in [3.05, 3.63) is 46.1 Å². The average molecular weight is 260 g/mol. The summed E-state index contributed by atoms with van der Waals surface area (Å²) in [5.41, 5.74) is 7.65. The summed E-state index contributed by atoms with van der Waals surface area (Å²) in [6.45, 7) is 8.06. The fraction of sp³-hybridized carbons (Fsp3) is 0.429. The fourth-order valence-electron chi connectivity index (χ4n) is 1.92. The smallest absolute Gasteiger partial charge is 0.321 e. The summed E-state index contributed by atoms with van der Waals surface area (Å²) in [6, 6.07) is 7.39. The van der Waals surface area contributed by atoms with Gasteiger partial charge in [0, 0.05) is 0 Å². The van der Waals surface area contributed by atoms with Gasteiger partial charge >= 0.3 is 5.69 Å². The lowest BCUT2D eigenvalue weighted by Crippen LogP contribution is -2.30. The molecular formula is C14H20N4O. The minimum absolute atomic E-state index is 0.173. The number of aryl methyl sites for hydroxylation is 1. The number of nitrogens with zero attached hydrogens (tertiary/aromatic N) is 2. The molecule has 0 aliphatic rings. The van der Waals surface area contributed by atoms with Gasteiger partial charge in [0.05, 0.1) is 11.7 Å². The lowest BCUT2D eigenvalue weighted by atomic mass is 9.87. The maximum absolute atomic E-state index is 12.0. The number of nitrogens with two attached hydrogens (primary N) is 1. The van der Waals surface area contributed by atoms with Crippen molar-refractivity contribution >= 4 is 0 Å². The Bertz CT molecular complexity index is 633. The van der Waals surface area contributed by atoms with Crippen molar-refractivity contribution in [3.63, 3.8) is 0 Å². The number of nitrogens with one attached hydrogen (secondary N) is 1. The molecule has 102 valence electrons. The molecule has 0 bridgehead atoms. The van der Waals surface area contributed by atoms with Crippen molar-refractivity contribution < 1.29 is 0 Å². The summed E-state index contributed by atoms with van der Waals surface area (Å²) in [5.74, 6) is 0.558. The Labute approximate surface area is 112 Å². The summed E-state index contributed by atoms with van der Waals surface area (Å²) in [5, 5.41) is 6.57. The maximum atomic E-state index is 12.0. The zero-order valence-electron chi connectivity index (χ0n) is 11.8. The van der Waals surface area contributed by atoms with Crippen molar-refractivity contribution in [1.29, 1.82) is 0 Å². The third-order valence-electron chi connectivity index (χ3n) is 3.17. The highest BCUT2D eigenvalue weighted by Crippen LogP contribution is 2.29. The molecule has 5 heteroatoms. The Morgan fingerprint density at radius 1 is 1.37 bits per heavy atom. The lowest BCUT2D eigenvalue weighted by molar-refractivity contribution is 0.312. The first-order valence-corrected chi connectivity index (χ1v) is 6.30. The molecule has 0 amide bonds. The van der Waals surface area contributed by atoms with E-state index in [0.717, 1.165) is 11.3 Å². The fourth-order valence-corrected chi connectivity index (χ4v) is 1.92. The van der Waals surface area contributed by atoms with Crippen LogP contribution >= 0.6 is 0 Å². The highest BCUT2D eigenvalue weighted by molar-refractivity contribution is 5.36. The molecule has 0 saturated carbocycles. The van der Waals surface area contributed by atoms with Crippen molar-refractivity contribution in [2.24, 2.45) is 11.1 Å². The largest absolute Gasteiger partial charge is 0.347 e. The van der Waals surface area contributed by atoms with Gasteiger partial charge in [-0.1, -0.05) is 32.9 Å². The van der Waals surface area contributed by atoms with E-state index in [1.807, 2.05) is 52.0 Å². The SMILES string of the molecule is Cc1cccc(-n2c([C@@H](N)C(C)(C)C)n[nH]c2=O)c1. The predicted molar refractivity (Wildman–Crippen MR) is 75.3 cm³/mol. The van der Waals surface area contributed by atoms with Gasteiger partial charge in [0.15, 0.2) is 5.82 Å². The third-order valence-corrected chi connectivity index (χ3v) is 3.17. The van der Waals surface area contributed by atoms with Crippen LogP contribution < -0.4 is 11.4 Å². The van der Waals surface area contributed by atoms with E-state index in [1.54, 1.807) is 4.57 Å². The molecule has 2 aromatic rings. The molecule has 19 heavy (non-hydrogen) atoms. The van der Waals surface area contributed by atoms with Gasteiger partial charge in [-0.25, -0.2) is 14.5 Å². The summed E-state index contributed by atoms with van der Waals surface area (Å²) >= 11 is 0. The quantitative estimate of drug-likeness (QED) is 0.866. The first kappa shape index (κ1) is 13.5. The first-order valence-electron chi connectivity index (χ1n) is 6.30. The normalized spacial score (nSPS) is 13.5. The molecule has 0 fully saturated rings. The number of rotatable bonds is 2.